The van der Waals surface area contributed by atoms with Gasteiger partial charge in [-0.25, -0.2) is 0 Å². The van der Waals surface area contributed by atoms with E-state index in [0.29, 0.717) is 0 Å². The zero-order chi connectivity index (χ0) is 11.4. The maximum atomic E-state index is 2.33. The first-order chi connectivity index (χ1) is 7.77. The van der Waals surface area contributed by atoms with Gasteiger partial charge in [-0.2, -0.15) is 0 Å². The van der Waals surface area contributed by atoms with Gasteiger partial charge >= 0.3 is 0 Å². The Bertz CT molecular complexity index is 397. The summed E-state index contributed by atoms with van der Waals surface area (Å²) < 4.78 is 0. The van der Waals surface area contributed by atoms with Crippen LogP contribution in [0, 0.1) is 6.42 Å². The van der Waals surface area contributed by atoms with Gasteiger partial charge in [-0.05, 0) is 30.4 Å². The van der Waals surface area contributed by atoms with Crippen LogP contribution in [0.15, 0.2) is 54.1 Å². The van der Waals surface area contributed by atoms with Crippen molar-refractivity contribution in [3.05, 3.63) is 66.1 Å². The highest BCUT2D eigenvalue weighted by Crippen LogP contribution is 2.37. The molecule has 1 unspecified atom stereocenters. The Kier molecular flexibility index (Phi) is 3.28. The average Bonchev–Trinajstić information content (AvgIpc) is 2.40. The highest BCUT2D eigenvalue weighted by molar-refractivity contribution is 5.43. The third-order valence-corrected chi connectivity index (χ3v) is 3.62. The summed E-state index contributed by atoms with van der Waals surface area (Å²) >= 11 is 0. The molecule has 0 amide bonds. The molecular weight excluding hydrogens is 192 g/mol. The number of benzene rings is 1. The Morgan fingerprint density at radius 3 is 2.50 bits per heavy atom. The van der Waals surface area contributed by atoms with Crippen LogP contribution in [0.25, 0.3) is 0 Å². The lowest BCUT2D eigenvalue weighted by molar-refractivity contribution is 0.546. The van der Waals surface area contributed by atoms with E-state index in [1.165, 1.54) is 11.1 Å². The SMILES string of the molecule is CCC(C)(C1=C[CH]CC=C1)c1ccccc1. The highest BCUT2D eigenvalue weighted by atomic mass is 14.3. The summed E-state index contributed by atoms with van der Waals surface area (Å²) in [6.07, 6.45) is 11.2. The molecule has 1 aliphatic rings. The number of rotatable bonds is 3. The summed E-state index contributed by atoms with van der Waals surface area (Å²) in [5, 5.41) is 0. The van der Waals surface area contributed by atoms with Crippen LogP contribution in [-0.4, -0.2) is 0 Å². The summed E-state index contributed by atoms with van der Waals surface area (Å²) in [5.74, 6) is 0. The van der Waals surface area contributed by atoms with Gasteiger partial charge < -0.3 is 0 Å². The fourth-order valence-electron chi connectivity index (χ4n) is 2.27. The summed E-state index contributed by atoms with van der Waals surface area (Å²) in [6, 6.07) is 10.8. The van der Waals surface area contributed by atoms with Crippen molar-refractivity contribution in [1.82, 2.24) is 0 Å². The van der Waals surface area contributed by atoms with Gasteiger partial charge in [-0.3, -0.25) is 0 Å². The van der Waals surface area contributed by atoms with Crippen molar-refractivity contribution in [1.29, 1.82) is 0 Å². The Morgan fingerprint density at radius 2 is 1.94 bits per heavy atom. The van der Waals surface area contributed by atoms with Gasteiger partial charge in [0.15, 0.2) is 0 Å². The fourth-order valence-corrected chi connectivity index (χ4v) is 2.27. The minimum absolute atomic E-state index is 0.147. The Hall–Kier alpha value is -1.30. The zero-order valence-electron chi connectivity index (χ0n) is 10.1. The first-order valence-corrected chi connectivity index (χ1v) is 6.03. The lowest BCUT2D eigenvalue weighted by atomic mass is 9.72. The van der Waals surface area contributed by atoms with Crippen molar-refractivity contribution in [3.8, 4) is 0 Å². The molecule has 2 rings (SSSR count). The third kappa shape index (κ3) is 1.97. The molecule has 0 aliphatic heterocycles. The van der Waals surface area contributed by atoms with Crippen LogP contribution < -0.4 is 0 Å². The fraction of sp³-hybridized carbons (Fsp3) is 0.312. The van der Waals surface area contributed by atoms with Gasteiger partial charge in [0.2, 0.25) is 0 Å². The first-order valence-electron chi connectivity index (χ1n) is 6.03. The molecule has 0 aromatic heterocycles. The summed E-state index contributed by atoms with van der Waals surface area (Å²) in [7, 11) is 0. The standard InChI is InChI=1S/C16H19/c1-3-16(2,14-10-6-4-7-11-14)15-12-8-5-9-13-15/h4,6-13H,3,5H2,1-2H3. The van der Waals surface area contributed by atoms with Crippen molar-refractivity contribution >= 4 is 0 Å². The molecule has 0 bridgehead atoms. The van der Waals surface area contributed by atoms with Gasteiger partial charge in [0, 0.05) is 5.41 Å². The van der Waals surface area contributed by atoms with E-state index in [9.17, 15) is 0 Å². The lowest BCUT2D eigenvalue weighted by Crippen LogP contribution is -2.23. The van der Waals surface area contributed by atoms with E-state index in [4.69, 9.17) is 0 Å². The molecule has 83 valence electrons. The smallest absolute Gasteiger partial charge is 0.0169 e. The van der Waals surface area contributed by atoms with Gasteiger partial charge in [0.25, 0.3) is 0 Å². The van der Waals surface area contributed by atoms with Crippen LogP contribution in [0.2, 0.25) is 0 Å². The molecule has 0 nitrogen and oxygen atoms in total. The molecule has 1 atom stereocenters. The van der Waals surface area contributed by atoms with E-state index in [1.807, 2.05) is 0 Å². The third-order valence-electron chi connectivity index (χ3n) is 3.62. The first kappa shape index (κ1) is 11.2. The molecule has 1 aliphatic carbocycles. The average molecular weight is 211 g/mol. The van der Waals surface area contributed by atoms with Crippen LogP contribution in [-0.2, 0) is 5.41 Å². The quantitative estimate of drug-likeness (QED) is 0.693. The Morgan fingerprint density at radius 1 is 1.19 bits per heavy atom. The zero-order valence-corrected chi connectivity index (χ0v) is 10.1. The molecule has 1 aromatic carbocycles. The van der Waals surface area contributed by atoms with Crippen molar-refractivity contribution in [3.63, 3.8) is 0 Å². The van der Waals surface area contributed by atoms with E-state index >= 15 is 0 Å². The number of hydrogen-bond donors (Lipinski definition) is 0. The molecule has 0 fully saturated rings. The van der Waals surface area contributed by atoms with Gasteiger partial charge in [0.1, 0.15) is 0 Å². The van der Waals surface area contributed by atoms with E-state index in [-0.39, 0.29) is 5.41 Å². The molecule has 1 aromatic rings. The van der Waals surface area contributed by atoms with Crippen molar-refractivity contribution in [2.75, 3.05) is 0 Å². The Balaban J connectivity index is 2.40. The summed E-state index contributed by atoms with van der Waals surface area (Å²) in [4.78, 5) is 0. The van der Waals surface area contributed by atoms with Gasteiger partial charge in [0.05, 0.1) is 0 Å². The van der Waals surface area contributed by atoms with Crippen LogP contribution in [0.3, 0.4) is 0 Å². The summed E-state index contributed by atoms with van der Waals surface area (Å²) in [5.41, 5.74) is 2.98. The molecule has 16 heavy (non-hydrogen) atoms. The second-order valence-electron chi connectivity index (χ2n) is 4.55. The van der Waals surface area contributed by atoms with E-state index in [2.05, 4.69) is 68.8 Å². The molecule has 0 heterocycles. The minimum atomic E-state index is 0.147. The van der Waals surface area contributed by atoms with Gasteiger partial charge in [-0.15, -0.1) is 0 Å². The maximum absolute atomic E-state index is 2.33. The lowest BCUT2D eigenvalue weighted by Gasteiger charge is -2.31. The highest BCUT2D eigenvalue weighted by Gasteiger charge is 2.27. The predicted molar refractivity (Wildman–Crippen MR) is 70.2 cm³/mol. The van der Waals surface area contributed by atoms with Gasteiger partial charge in [-0.1, -0.05) is 62.4 Å². The number of allylic oxidation sites excluding steroid dienone is 4. The molecule has 0 saturated heterocycles. The largest absolute Gasteiger partial charge is 0.0836 e. The van der Waals surface area contributed by atoms with Crippen molar-refractivity contribution in [2.45, 2.75) is 32.1 Å². The second-order valence-corrected chi connectivity index (χ2v) is 4.55. The predicted octanol–water partition coefficient (Wildman–Crippen LogP) is 4.44. The second kappa shape index (κ2) is 4.69. The van der Waals surface area contributed by atoms with E-state index < -0.39 is 0 Å². The van der Waals surface area contributed by atoms with Crippen LogP contribution >= 0.6 is 0 Å². The molecule has 0 saturated carbocycles. The van der Waals surface area contributed by atoms with Crippen molar-refractivity contribution < 1.29 is 0 Å². The Labute approximate surface area is 98.7 Å². The van der Waals surface area contributed by atoms with E-state index in [1.54, 1.807) is 0 Å². The molecule has 0 heteroatoms. The normalized spacial score (nSPS) is 19.0. The maximum Gasteiger partial charge on any atom is 0.0169 e. The van der Waals surface area contributed by atoms with Crippen LogP contribution in [0.5, 0.6) is 0 Å². The van der Waals surface area contributed by atoms with E-state index in [0.717, 1.165) is 12.8 Å². The summed E-state index contributed by atoms with van der Waals surface area (Å²) in [6.45, 7) is 4.59. The van der Waals surface area contributed by atoms with Crippen LogP contribution in [0.4, 0.5) is 0 Å². The monoisotopic (exact) mass is 211 g/mol. The minimum Gasteiger partial charge on any atom is -0.0836 e. The van der Waals surface area contributed by atoms with Crippen molar-refractivity contribution in [2.24, 2.45) is 0 Å². The molecule has 0 spiro atoms. The molecule has 0 N–H and O–H groups in total. The topological polar surface area (TPSA) is 0 Å². The number of hydrogen-bond acceptors (Lipinski definition) is 0. The van der Waals surface area contributed by atoms with Crippen LogP contribution in [0.1, 0.15) is 32.3 Å². The molecule has 1 radical (unpaired) electrons. The molecular formula is C16H19.